The van der Waals surface area contributed by atoms with Gasteiger partial charge in [-0.1, -0.05) is 72.8 Å². The van der Waals surface area contributed by atoms with Crippen molar-refractivity contribution in [2.45, 2.75) is 0 Å². The second-order valence-corrected chi connectivity index (χ2v) is 7.87. The maximum absolute atomic E-state index is 5.99. The Kier molecular flexibility index (Phi) is 5.87. The Morgan fingerprint density at radius 2 is 0.735 bits per heavy atom. The third kappa shape index (κ3) is 4.57. The van der Waals surface area contributed by atoms with Crippen molar-refractivity contribution < 1.29 is 9.47 Å². The zero-order valence-electron chi connectivity index (χ0n) is 18.5. The summed E-state index contributed by atoms with van der Waals surface area (Å²) in [4.78, 5) is 0. The van der Waals surface area contributed by atoms with Crippen LogP contribution >= 0.6 is 0 Å². The second-order valence-electron chi connectivity index (χ2n) is 7.87. The molecule has 4 nitrogen and oxygen atoms in total. The molecule has 0 bridgehead atoms. The molecule has 5 aromatic carbocycles. The zero-order valence-corrected chi connectivity index (χ0v) is 18.5. The number of para-hydroxylation sites is 4. The SMILES string of the molecule is Nc1ccccc1Oc1ccc(-c2ccccc2-c2ccc(Oc3ccccc3N)cc2)cc1. The fraction of sp³-hybridized carbons (Fsp3) is 0. The van der Waals surface area contributed by atoms with E-state index >= 15 is 0 Å². The smallest absolute Gasteiger partial charge is 0.150 e. The summed E-state index contributed by atoms with van der Waals surface area (Å²) in [5.74, 6) is 2.77. The van der Waals surface area contributed by atoms with Crippen LogP contribution in [-0.2, 0) is 0 Å². The summed E-state index contributed by atoms with van der Waals surface area (Å²) in [5.41, 5.74) is 17.7. The molecule has 5 rings (SSSR count). The average molecular weight is 445 g/mol. The number of hydrogen-bond acceptors (Lipinski definition) is 4. The fourth-order valence-corrected chi connectivity index (χ4v) is 3.79. The van der Waals surface area contributed by atoms with Gasteiger partial charge in [-0.15, -0.1) is 0 Å². The predicted molar refractivity (Wildman–Crippen MR) is 139 cm³/mol. The van der Waals surface area contributed by atoms with Gasteiger partial charge in [0, 0.05) is 0 Å². The van der Waals surface area contributed by atoms with E-state index in [1.807, 2.05) is 84.9 Å². The highest BCUT2D eigenvalue weighted by molar-refractivity contribution is 5.83. The molecule has 0 heterocycles. The summed E-state index contributed by atoms with van der Waals surface area (Å²) in [5, 5.41) is 0. The van der Waals surface area contributed by atoms with Crippen LogP contribution in [0.15, 0.2) is 121 Å². The van der Waals surface area contributed by atoms with E-state index in [0.29, 0.717) is 22.9 Å². The van der Waals surface area contributed by atoms with E-state index in [1.54, 1.807) is 0 Å². The minimum Gasteiger partial charge on any atom is -0.455 e. The Hall–Kier alpha value is -4.70. The number of hydrogen-bond donors (Lipinski definition) is 2. The lowest BCUT2D eigenvalue weighted by Crippen LogP contribution is -1.92. The molecule has 34 heavy (non-hydrogen) atoms. The molecule has 0 saturated carbocycles. The van der Waals surface area contributed by atoms with Gasteiger partial charge in [-0.2, -0.15) is 0 Å². The maximum Gasteiger partial charge on any atom is 0.150 e. The summed E-state index contributed by atoms with van der Waals surface area (Å²) in [7, 11) is 0. The molecule has 0 atom stereocenters. The summed E-state index contributed by atoms with van der Waals surface area (Å²) < 4.78 is 11.9. The van der Waals surface area contributed by atoms with E-state index in [1.165, 1.54) is 0 Å². The van der Waals surface area contributed by atoms with Crippen LogP contribution in [0, 0.1) is 0 Å². The minimum absolute atomic E-state index is 0.610. The molecular weight excluding hydrogens is 420 g/mol. The van der Waals surface area contributed by atoms with Crippen LogP contribution < -0.4 is 20.9 Å². The van der Waals surface area contributed by atoms with Gasteiger partial charge in [0.25, 0.3) is 0 Å². The van der Waals surface area contributed by atoms with Crippen molar-refractivity contribution in [2.75, 3.05) is 11.5 Å². The Balaban J connectivity index is 1.38. The number of nitrogens with two attached hydrogens (primary N) is 2. The van der Waals surface area contributed by atoms with Gasteiger partial charge in [-0.25, -0.2) is 0 Å². The summed E-state index contributed by atoms with van der Waals surface area (Å²) in [6.45, 7) is 0. The fourth-order valence-electron chi connectivity index (χ4n) is 3.79. The first-order valence-corrected chi connectivity index (χ1v) is 11.0. The van der Waals surface area contributed by atoms with Gasteiger partial charge in [0.15, 0.2) is 0 Å². The maximum atomic E-state index is 5.99. The van der Waals surface area contributed by atoms with Crippen LogP contribution in [0.25, 0.3) is 22.3 Å². The first kappa shape index (κ1) is 21.2. The summed E-state index contributed by atoms with van der Waals surface area (Å²) in [6.07, 6.45) is 0. The highest BCUT2D eigenvalue weighted by Gasteiger charge is 2.09. The lowest BCUT2D eigenvalue weighted by atomic mass is 9.94. The molecule has 0 spiro atoms. The van der Waals surface area contributed by atoms with Crippen molar-refractivity contribution in [3.05, 3.63) is 121 Å². The number of rotatable bonds is 6. The van der Waals surface area contributed by atoms with Crippen molar-refractivity contribution >= 4 is 11.4 Å². The summed E-state index contributed by atoms with van der Waals surface area (Å²) in [6, 6.07) is 39.3. The van der Waals surface area contributed by atoms with Gasteiger partial charge >= 0.3 is 0 Å². The van der Waals surface area contributed by atoms with Crippen LogP contribution in [0.5, 0.6) is 23.0 Å². The highest BCUT2D eigenvalue weighted by Crippen LogP contribution is 2.35. The van der Waals surface area contributed by atoms with Gasteiger partial charge in [0.05, 0.1) is 11.4 Å². The Morgan fingerprint density at radius 1 is 0.382 bits per heavy atom. The van der Waals surface area contributed by atoms with Crippen LogP contribution in [0.4, 0.5) is 11.4 Å². The largest absolute Gasteiger partial charge is 0.455 e. The molecule has 0 aliphatic heterocycles. The van der Waals surface area contributed by atoms with E-state index in [0.717, 1.165) is 33.8 Å². The van der Waals surface area contributed by atoms with E-state index in [2.05, 4.69) is 36.4 Å². The number of ether oxygens (including phenoxy) is 2. The minimum atomic E-state index is 0.610. The molecule has 0 aromatic heterocycles. The number of anilines is 2. The van der Waals surface area contributed by atoms with E-state index < -0.39 is 0 Å². The molecule has 0 fully saturated rings. The molecule has 166 valence electrons. The monoisotopic (exact) mass is 444 g/mol. The molecular formula is C30H24N2O2. The van der Waals surface area contributed by atoms with Gasteiger partial charge in [0.2, 0.25) is 0 Å². The molecule has 0 saturated heterocycles. The predicted octanol–water partition coefficient (Wildman–Crippen LogP) is 7.77. The van der Waals surface area contributed by atoms with E-state index in [9.17, 15) is 0 Å². The molecule has 0 amide bonds. The van der Waals surface area contributed by atoms with Crippen LogP contribution in [0.2, 0.25) is 0 Å². The molecule has 4 N–H and O–H groups in total. The van der Waals surface area contributed by atoms with E-state index in [-0.39, 0.29) is 0 Å². The van der Waals surface area contributed by atoms with Crippen molar-refractivity contribution in [1.82, 2.24) is 0 Å². The second kappa shape index (κ2) is 9.43. The topological polar surface area (TPSA) is 70.5 Å². The van der Waals surface area contributed by atoms with Crippen molar-refractivity contribution in [2.24, 2.45) is 0 Å². The lowest BCUT2D eigenvalue weighted by molar-refractivity contribution is 0.485. The molecule has 4 heteroatoms. The van der Waals surface area contributed by atoms with Gasteiger partial charge in [-0.05, 0) is 70.8 Å². The normalized spacial score (nSPS) is 10.6. The first-order chi connectivity index (χ1) is 16.7. The number of nitrogen functional groups attached to an aromatic ring is 2. The van der Waals surface area contributed by atoms with Gasteiger partial charge in [0.1, 0.15) is 23.0 Å². The lowest BCUT2D eigenvalue weighted by Gasteiger charge is -2.13. The Labute approximate surface area is 199 Å². The standard InChI is InChI=1S/C30H24N2O2/c31-27-9-3-5-11-29(27)33-23-17-13-21(14-18-23)25-7-1-2-8-26(25)22-15-19-24(20-16-22)34-30-12-6-4-10-28(30)32/h1-20H,31-32H2. The van der Waals surface area contributed by atoms with Gasteiger partial charge < -0.3 is 20.9 Å². The molecule has 5 aromatic rings. The number of benzene rings is 5. The van der Waals surface area contributed by atoms with Crippen molar-refractivity contribution in [3.8, 4) is 45.3 Å². The van der Waals surface area contributed by atoms with Crippen LogP contribution in [0.1, 0.15) is 0 Å². The van der Waals surface area contributed by atoms with Crippen LogP contribution in [0.3, 0.4) is 0 Å². The third-order valence-corrected chi connectivity index (χ3v) is 5.55. The first-order valence-electron chi connectivity index (χ1n) is 11.0. The summed E-state index contributed by atoms with van der Waals surface area (Å²) >= 11 is 0. The van der Waals surface area contributed by atoms with Crippen LogP contribution in [-0.4, -0.2) is 0 Å². The van der Waals surface area contributed by atoms with Crippen molar-refractivity contribution in [1.29, 1.82) is 0 Å². The highest BCUT2D eigenvalue weighted by atomic mass is 16.5. The Bertz CT molecular complexity index is 1300. The third-order valence-electron chi connectivity index (χ3n) is 5.55. The van der Waals surface area contributed by atoms with E-state index in [4.69, 9.17) is 20.9 Å². The quantitative estimate of drug-likeness (QED) is 0.262. The molecule has 0 radical (unpaired) electrons. The average Bonchev–Trinajstić information content (AvgIpc) is 2.88. The molecule has 0 aliphatic rings. The molecule has 0 unspecified atom stereocenters. The molecule has 0 aliphatic carbocycles. The van der Waals surface area contributed by atoms with Gasteiger partial charge in [-0.3, -0.25) is 0 Å². The van der Waals surface area contributed by atoms with Crippen molar-refractivity contribution in [3.63, 3.8) is 0 Å². The Morgan fingerprint density at radius 3 is 1.12 bits per heavy atom. The zero-order chi connectivity index (χ0) is 23.3.